The number of halogens is 3. The van der Waals surface area contributed by atoms with Crippen LogP contribution in [0.15, 0.2) is 60.7 Å². The van der Waals surface area contributed by atoms with Gasteiger partial charge < -0.3 is 4.74 Å². The lowest BCUT2D eigenvalue weighted by atomic mass is 10.00. The van der Waals surface area contributed by atoms with Crippen LogP contribution < -0.4 is 0 Å². The molecule has 0 saturated heterocycles. The second-order valence-electron chi connectivity index (χ2n) is 6.01. The molecule has 6 heteroatoms. The molecular formula is C21H15F3O3. The van der Waals surface area contributed by atoms with Crippen LogP contribution in [0.3, 0.4) is 0 Å². The van der Waals surface area contributed by atoms with E-state index < -0.39 is 11.7 Å². The molecule has 0 atom stereocenters. The van der Waals surface area contributed by atoms with Gasteiger partial charge in [-0.25, -0.2) is 0 Å². The number of hydrogen-bond acceptors (Lipinski definition) is 3. The summed E-state index contributed by atoms with van der Waals surface area (Å²) >= 11 is 0. The van der Waals surface area contributed by atoms with Gasteiger partial charge in [-0.15, -0.1) is 0 Å². The zero-order chi connectivity index (χ0) is 19.6. The highest BCUT2D eigenvalue weighted by Crippen LogP contribution is 2.32. The Bertz CT molecular complexity index is 959. The number of benzene rings is 1. The van der Waals surface area contributed by atoms with Crippen LogP contribution in [0, 0.1) is 0 Å². The molecule has 3 nitrogen and oxygen atoms in total. The number of carbonyl (C=O) groups excluding carboxylic acids is 2. The van der Waals surface area contributed by atoms with Crippen LogP contribution in [-0.2, 0) is 22.1 Å². The molecule has 0 aromatic heterocycles. The second-order valence-corrected chi connectivity index (χ2v) is 6.01. The lowest BCUT2D eigenvalue weighted by Crippen LogP contribution is -2.06. The minimum atomic E-state index is -4.45. The van der Waals surface area contributed by atoms with Crippen LogP contribution in [0.5, 0.6) is 0 Å². The molecule has 2 aliphatic carbocycles. The minimum absolute atomic E-state index is 0.107. The maximum absolute atomic E-state index is 12.7. The minimum Gasteiger partial charge on any atom is -0.469 e. The summed E-state index contributed by atoms with van der Waals surface area (Å²) in [6, 6.07) is 14.6. The molecule has 0 fully saturated rings. The summed E-state index contributed by atoms with van der Waals surface area (Å²) in [6.07, 6.45) is -4.34. The van der Waals surface area contributed by atoms with E-state index in [0.717, 1.165) is 23.3 Å². The molecule has 0 radical (unpaired) electrons. The largest absolute Gasteiger partial charge is 0.469 e. The molecule has 1 aromatic carbocycles. The Morgan fingerprint density at radius 3 is 2.15 bits per heavy atom. The van der Waals surface area contributed by atoms with Gasteiger partial charge in [-0.1, -0.05) is 42.5 Å². The SMILES string of the molecule is COC(=O)Cc1ccc2ccc(C(=O)c3ccc(C(F)(F)F)cc3)c-2cc1. The van der Waals surface area contributed by atoms with Crippen LogP contribution in [0.1, 0.15) is 27.0 Å². The lowest BCUT2D eigenvalue weighted by molar-refractivity contribution is -0.140. The molecule has 0 amide bonds. The summed E-state index contributed by atoms with van der Waals surface area (Å²) in [4.78, 5) is 24.2. The molecule has 0 bridgehead atoms. The number of esters is 1. The van der Waals surface area contributed by atoms with Crippen molar-refractivity contribution in [3.8, 4) is 11.1 Å². The first kappa shape index (κ1) is 18.6. The van der Waals surface area contributed by atoms with Gasteiger partial charge in [-0.2, -0.15) is 13.2 Å². The Morgan fingerprint density at radius 1 is 0.889 bits per heavy atom. The molecule has 0 unspecified atom stereocenters. The Labute approximate surface area is 153 Å². The van der Waals surface area contributed by atoms with Crippen molar-refractivity contribution < 1.29 is 27.5 Å². The maximum atomic E-state index is 12.7. The standard InChI is InChI=1S/C21H15F3O3/c1-27-19(25)12-13-2-4-14-7-11-18(17(14)10-3-13)20(26)15-5-8-16(9-6-15)21(22,23)24/h2-11H,12H2,1H3. The number of ketones is 1. The smallest absolute Gasteiger partial charge is 0.416 e. The van der Waals surface area contributed by atoms with Gasteiger partial charge in [0.05, 0.1) is 19.1 Å². The third kappa shape index (κ3) is 4.00. The van der Waals surface area contributed by atoms with Gasteiger partial charge in [0.15, 0.2) is 5.78 Å². The molecule has 0 saturated carbocycles. The van der Waals surface area contributed by atoms with Gasteiger partial charge in [-0.05, 0) is 34.9 Å². The average Bonchev–Trinajstić information content (AvgIpc) is 2.95. The Hall–Kier alpha value is -3.15. The molecule has 0 aliphatic heterocycles. The quantitative estimate of drug-likeness (QED) is 0.490. The fraction of sp³-hybridized carbons (Fsp3) is 0.143. The van der Waals surface area contributed by atoms with Crippen molar-refractivity contribution in [3.05, 3.63) is 82.9 Å². The molecule has 0 spiro atoms. The van der Waals surface area contributed by atoms with E-state index in [-0.39, 0.29) is 23.7 Å². The first-order valence-corrected chi connectivity index (χ1v) is 8.10. The van der Waals surface area contributed by atoms with E-state index in [2.05, 4.69) is 4.74 Å². The normalized spacial score (nSPS) is 11.4. The van der Waals surface area contributed by atoms with Gasteiger partial charge in [0.1, 0.15) is 0 Å². The van der Waals surface area contributed by atoms with Gasteiger partial charge in [0, 0.05) is 11.1 Å². The monoisotopic (exact) mass is 372 g/mol. The van der Waals surface area contributed by atoms with Crippen molar-refractivity contribution >= 4 is 11.8 Å². The zero-order valence-corrected chi connectivity index (χ0v) is 14.3. The van der Waals surface area contributed by atoms with E-state index in [1.54, 1.807) is 36.4 Å². The van der Waals surface area contributed by atoms with Crippen molar-refractivity contribution in [2.24, 2.45) is 0 Å². The summed E-state index contributed by atoms with van der Waals surface area (Å²) in [7, 11) is 1.31. The summed E-state index contributed by atoms with van der Waals surface area (Å²) in [5.41, 5.74) is 1.95. The summed E-state index contributed by atoms with van der Waals surface area (Å²) in [5.74, 6) is -0.735. The first-order chi connectivity index (χ1) is 12.8. The van der Waals surface area contributed by atoms with Gasteiger partial charge in [0.2, 0.25) is 0 Å². The van der Waals surface area contributed by atoms with Crippen LogP contribution >= 0.6 is 0 Å². The van der Waals surface area contributed by atoms with Gasteiger partial charge in [0.25, 0.3) is 0 Å². The molecule has 27 heavy (non-hydrogen) atoms. The first-order valence-electron chi connectivity index (χ1n) is 8.10. The third-order valence-corrected chi connectivity index (χ3v) is 4.27. The van der Waals surface area contributed by atoms with Gasteiger partial charge >= 0.3 is 12.1 Å². The highest BCUT2D eigenvalue weighted by atomic mass is 19.4. The number of carbonyl (C=O) groups is 2. The molecule has 1 aromatic rings. The van der Waals surface area contributed by atoms with E-state index in [9.17, 15) is 22.8 Å². The van der Waals surface area contributed by atoms with E-state index >= 15 is 0 Å². The van der Waals surface area contributed by atoms with Crippen LogP contribution in [0.2, 0.25) is 0 Å². The predicted octanol–water partition coefficient (Wildman–Crippen LogP) is 4.76. The maximum Gasteiger partial charge on any atom is 0.416 e. The van der Waals surface area contributed by atoms with E-state index in [4.69, 9.17) is 0 Å². The topological polar surface area (TPSA) is 43.4 Å². The number of alkyl halides is 3. The fourth-order valence-electron chi connectivity index (χ4n) is 2.80. The van der Waals surface area contributed by atoms with E-state index in [1.165, 1.54) is 19.2 Å². The third-order valence-electron chi connectivity index (χ3n) is 4.27. The Balaban J connectivity index is 1.92. The van der Waals surface area contributed by atoms with Crippen molar-refractivity contribution in [1.82, 2.24) is 0 Å². The highest BCUT2D eigenvalue weighted by molar-refractivity contribution is 6.13. The summed E-state index contributed by atoms with van der Waals surface area (Å²) in [6.45, 7) is 0. The molecule has 2 aliphatic rings. The van der Waals surface area contributed by atoms with Crippen molar-refractivity contribution in [3.63, 3.8) is 0 Å². The predicted molar refractivity (Wildman–Crippen MR) is 93.7 cm³/mol. The second kappa shape index (κ2) is 7.23. The highest BCUT2D eigenvalue weighted by Gasteiger charge is 2.30. The van der Waals surface area contributed by atoms with Crippen molar-refractivity contribution in [1.29, 1.82) is 0 Å². The molecule has 0 heterocycles. The zero-order valence-electron chi connectivity index (χ0n) is 14.3. The Morgan fingerprint density at radius 2 is 1.52 bits per heavy atom. The summed E-state index contributed by atoms with van der Waals surface area (Å²) < 4.78 is 42.7. The number of fused-ring (bicyclic) bond motifs is 1. The molecule has 0 N–H and O–H groups in total. The van der Waals surface area contributed by atoms with Gasteiger partial charge in [-0.3, -0.25) is 9.59 Å². The van der Waals surface area contributed by atoms with Crippen LogP contribution in [-0.4, -0.2) is 18.9 Å². The van der Waals surface area contributed by atoms with Crippen molar-refractivity contribution in [2.75, 3.05) is 7.11 Å². The van der Waals surface area contributed by atoms with Crippen molar-refractivity contribution in [2.45, 2.75) is 12.6 Å². The molecule has 138 valence electrons. The summed E-state index contributed by atoms with van der Waals surface area (Å²) in [5, 5.41) is 0. The fourth-order valence-corrected chi connectivity index (χ4v) is 2.80. The number of rotatable bonds is 4. The number of ether oxygens (including phenoxy) is 1. The number of hydrogen-bond donors (Lipinski definition) is 0. The van der Waals surface area contributed by atoms with E-state index in [0.29, 0.717) is 11.1 Å². The lowest BCUT2D eigenvalue weighted by Gasteiger charge is -2.07. The van der Waals surface area contributed by atoms with Crippen LogP contribution in [0.4, 0.5) is 13.2 Å². The molecular weight excluding hydrogens is 357 g/mol. The number of methoxy groups -OCH3 is 1. The average molecular weight is 372 g/mol. The molecule has 3 rings (SSSR count). The Kier molecular flexibility index (Phi) is 4.99. The van der Waals surface area contributed by atoms with Crippen LogP contribution in [0.25, 0.3) is 11.1 Å². The van der Waals surface area contributed by atoms with E-state index in [1.807, 2.05) is 0 Å².